The van der Waals surface area contributed by atoms with Crippen molar-refractivity contribution in [1.29, 1.82) is 0 Å². The van der Waals surface area contributed by atoms with Crippen LogP contribution in [0.4, 0.5) is 19.3 Å². The molecule has 1 N–H and O–H groups in total. The summed E-state index contributed by atoms with van der Waals surface area (Å²) in [6.45, 7) is 7.53. The summed E-state index contributed by atoms with van der Waals surface area (Å²) in [6.07, 6.45) is 0. The largest absolute Gasteiger partial charge is 0.491 e. The molecule has 0 saturated carbocycles. The van der Waals surface area contributed by atoms with Crippen molar-refractivity contribution in [1.82, 2.24) is 10.2 Å². The molecular formula is C28H32ClF2N3O4S. The average Bonchev–Trinajstić information content (AvgIpc) is 2.85. The molecular weight excluding hydrogens is 548 g/mol. The lowest BCUT2D eigenvalue weighted by molar-refractivity contribution is 0.187. The Kier molecular flexibility index (Phi) is 9.45. The maximum Gasteiger partial charge on any atom is 0.317 e. The monoisotopic (exact) mass is 579 g/mol. The third-order valence-electron chi connectivity index (χ3n) is 5.75. The second-order valence-corrected chi connectivity index (χ2v) is 12.3. The van der Waals surface area contributed by atoms with Crippen LogP contribution in [0.2, 0.25) is 5.02 Å². The predicted octanol–water partition coefficient (Wildman–Crippen LogP) is 6.39. The number of nitrogens with one attached hydrogen (secondary N) is 1. The van der Waals surface area contributed by atoms with Gasteiger partial charge in [-0.25, -0.2) is 22.0 Å². The van der Waals surface area contributed by atoms with Gasteiger partial charge < -0.3 is 15.0 Å². The standard InChI is InChI=1S/C28H32ClF2N3O4S/c1-19(23-8-6-7-9-26(23)38-17-16-33(5)27(35)32-28(2,3)4)34(25-18-21(30)12-15-24(25)31)39(36,37)22-13-10-20(29)11-14-22/h6-15,18-19H,16-17H2,1-5H3,(H,32,35). The Hall–Kier alpha value is -3.37. The predicted molar refractivity (Wildman–Crippen MR) is 149 cm³/mol. The molecule has 3 aromatic carbocycles. The molecule has 0 saturated heterocycles. The minimum Gasteiger partial charge on any atom is -0.491 e. The highest BCUT2D eigenvalue weighted by Gasteiger charge is 2.34. The molecule has 0 bridgehead atoms. The van der Waals surface area contributed by atoms with E-state index in [4.69, 9.17) is 16.3 Å². The SMILES string of the molecule is CC(c1ccccc1OCCN(C)C(=O)NC(C)(C)C)N(c1cc(F)ccc1F)S(=O)(=O)c1ccc(Cl)cc1. The quantitative estimate of drug-likeness (QED) is 0.318. The molecule has 0 fully saturated rings. The fourth-order valence-electron chi connectivity index (χ4n) is 3.81. The van der Waals surface area contributed by atoms with Crippen LogP contribution < -0.4 is 14.4 Å². The summed E-state index contributed by atoms with van der Waals surface area (Å²) in [5.41, 5.74) is -0.439. The fraction of sp³-hybridized carbons (Fsp3) is 0.321. The van der Waals surface area contributed by atoms with Gasteiger partial charge in [-0.05, 0) is 70.2 Å². The van der Waals surface area contributed by atoms with Gasteiger partial charge in [0.05, 0.1) is 23.2 Å². The highest BCUT2D eigenvalue weighted by molar-refractivity contribution is 7.92. The number of urea groups is 1. The van der Waals surface area contributed by atoms with E-state index in [2.05, 4.69) is 5.32 Å². The topological polar surface area (TPSA) is 79.0 Å². The first-order chi connectivity index (χ1) is 18.2. The zero-order valence-corrected chi connectivity index (χ0v) is 24.0. The minimum absolute atomic E-state index is 0.107. The van der Waals surface area contributed by atoms with Crippen LogP contribution >= 0.6 is 11.6 Å². The van der Waals surface area contributed by atoms with Crippen molar-refractivity contribution < 1.29 is 26.7 Å². The van der Waals surface area contributed by atoms with Crippen LogP contribution in [0.3, 0.4) is 0 Å². The lowest BCUT2D eigenvalue weighted by Crippen LogP contribution is -2.48. The zero-order valence-electron chi connectivity index (χ0n) is 22.4. The molecule has 0 aromatic heterocycles. The summed E-state index contributed by atoms with van der Waals surface area (Å²) in [7, 11) is -2.75. The van der Waals surface area contributed by atoms with Crippen molar-refractivity contribution >= 4 is 33.3 Å². The summed E-state index contributed by atoms with van der Waals surface area (Å²) in [5, 5.41) is 3.18. The van der Waals surface area contributed by atoms with Gasteiger partial charge in [-0.3, -0.25) is 4.31 Å². The molecule has 210 valence electrons. The van der Waals surface area contributed by atoms with E-state index in [1.165, 1.54) is 29.2 Å². The average molecular weight is 580 g/mol. The Balaban J connectivity index is 1.96. The highest BCUT2D eigenvalue weighted by atomic mass is 35.5. The number of halogens is 3. The van der Waals surface area contributed by atoms with Gasteiger partial charge in [0.1, 0.15) is 24.0 Å². The Labute approximate surface area is 233 Å². The van der Waals surface area contributed by atoms with Crippen LogP contribution in [0.15, 0.2) is 71.6 Å². The second kappa shape index (κ2) is 12.2. The second-order valence-electron chi connectivity index (χ2n) is 10.0. The summed E-state index contributed by atoms with van der Waals surface area (Å²) >= 11 is 5.94. The van der Waals surface area contributed by atoms with Crippen LogP contribution in [0.1, 0.15) is 39.3 Å². The van der Waals surface area contributed by atoms with E-state index in [9.17, 15) is 17.6 Å². The van der Waals surface area contributed by atoms with E-state index < -0.39 is 38.9 Å². The molecule has 0 aliphatic heterocycles. The van der Waals surface area contributed by atoms with E-state index in [1.807, 2.05) is 20.8 Å². The molecule has 39 heavy (non-hydrogen) atoms. The molecule has 3 aromatic rings. The molecule has 3 rings (SSSR count). The van der Waals surface area contributed by atoms with Crippen molar-refractivity contribution in [2.24, 2.45) is 0 Å². The molecule has 11 heteroatoms. The summed E-state index contributed by atoms with van der Waals surface area (Å²) in [4.78, 5) is 13.7. The Morgan fingerprint density at radius 2 is 1.69 bits per heavy atom. The number of carbonyl (C=O) groups is 1. The molecule has 1 unspecified atom stereocenters. The number of hydrogen-bond donors (Lipinski definition) is 1. The number of likely N-dealkylation sites (N-methyl/N-ethyl adjacent to an activating group) is 1. The van der Waals surface area contributed by atoms with E-state index in [-0.39, 0.29) is 24.1 Å². The first-order valence-corrected chi connectivity index (χ1v) is 14.0. The molecule has 7 nitrogen and oxygen atoms in total. The van der Waals surface area contributed by atoms with Gasteiger partial charge in [0, 0.05) is 29.2 Å². The normalized spacial score (nSPS) is 12.5. The highest BCUT2D eigenvalue weighted by Crippen LogP contribution is 2.38. The number of benzene rings is 3. The zero-order chi connectivity index (χ0) is 29.0. The minimum atomic E-state index is -4.39. The molecule has 0 aliphatic carbocycles. The van der Waals surface area contributed by atoms with Crippen LogP contribution in [0.25, 0.3) is 0 Å². The summed E-state index contributed by atoms with van der Waals surface area (Å²) < 4.78 is 63.7. The van der Waals surface area contributed by atoms with Gasteiger partial charge in [-0.1, -0.05) is 29.8 Å². The van der Waals surface area contributed by atoms with Crippen molar-refractivity contribution in [3.05, 3.63) is 89.0 Å². The molecule has 2 amide bonds. The van der Waals surface area contributed by atoms with Gasteiger partial charge in [0.25, 0.3) is 10.0 Å². The first kappa shape index (κ1) is 30.2. The Morgan fingerprint density at radius 1 is 1.05 bits per heavy atom. The van der Waals surface area contributed by atoms with E-state index in [1.54, 1.807) is 38.2 Å². The van der Waals surface area contributed by atoms with Crippen molar-refractivity contribution in [2.45, 2.75) is 44.2 Å². The lowest BCUT2D eigenvalue weighted by atomic mass is 10.1. The molecule has 0 spiro atoms. The third-order valence-corrected chi connectivity index (χ3v) is 7.90. The van der Waals surface area contributed by atoms with Gasteiger partial charge in [0.15, 0.2) is 0 Å². The van der Waals surface area contributed by atoms with E-state index >= 15 is 4.39 Å². The Bertz CT molecular complexity index is 1410. The number of hydrogen-bond acceptors (Lipinski definition) is 4. The van der Waals surface area contributed by atoms with Crippen molar-refractivity contribution in [3.63, 3.8) is 0 Å². The van der Waals surface area contributed by atoms with Crippen molar-refractivity contribution in [3.8, 4) is 5.75 Å². The van der Waals surface area contributed by atoms with E-state index in [0.29, 0.717) is 16.3 Å². The van der Waals surface area contributed by atoms with E-state index in [0.717, 1.165) is 22.5 Å². The summed E-state index contributed by atoms with van der Waals surface area (Å²) in [5.74, 6) is -1.37. The maximum atomic E-state index is 15.0. The lowest BCUT2D eigenvalue weighted by Gasteiger charge is -2.32. The number of para-hydroxylation sites is 1. The number of carbonyl (C=O) groups excluding carboxylic acids is 1. The van der Waals surface area contributed by atoms with Crippen molar-refractivity contribution in [2.75, 3.05) is 24.5 Å². The van der Waals surface area contributed by atoms with Gasteiger partial charge in [0.2, 0.25) is 0 Å². The van der Waals surface area contributed by atoms with Gasteiger partial charge in [-0.2, -0.15) is 0 Å². The van der Waals surface area contributed by atoms with Crippen LogP contribution in [0, 0.1) is 11.6 Å². The molecule has 0 heterocycles. The fourth-order valence-corrected chi connectivity index (χ4v) is 5.58. The first-order valence-electron chi connectivity index (χ1n) is 12.2. The van der Waals surface area contributed by atoms with Crippen LogP contribution in [-0.4, -0.2) is 45.1 Å². The maximum absolute atomic E-state index is 15.0. The van der Waals surface area contributed by atoms with Gasteiger partial charge in [-0.15, -0.1) is 0 Å². The number of rotatable bonds is 9. The number of nitrogens with zero attached hydrogens (tertiary/aromatic N) is 2. The van der Waals surface area contributed by atoms with Crippen LogP contribution in [-0.2, 0) is 10.0 Å². The Morgan fingerprint density at radius 3 is 2.33 bits per heavy atom. The molecule has 0 aliphatic rings. The van der Waals surface area contributed by atoms with Gasteiger partial charge >= 0.3 is 6.03 Å². The smallest absolute Gasteiger partial charge is 0.317 e. The molecule has 1 atom stereocenters. The van der Waals surface area contributed by atoms with Crippen LogP contribution in [0.5, 0.6) is 5.75 Å². The number of amides is 2. The number of sulfonamides is 1. The summed E-state index contributed by atoms with van der Waals surface area (Å²) in [6, 6.07) is 13.5. The number of anilines is 1. The third kappa shape index (κ3) is 7.60. The number of ether oxygens (including phenoxy) is 1. The molecule has 0 radical (unpaired) electrons.